The normalized spacial score (nSPS) is 22.5. The van der Waals surface area contributed by atoms with Crippen LogP contribution in [0.3, 0.4) is 0 Å². The van der Waals surface area contributed by atoms with Crippen LogP contribution >= 0.6 is 23.2 Å². The van der Waals surface area contributed by atoms with Crippen molar-refractivity contribution >= 4 is 46.6 Å². The zero-order chi connectivity index (χ0) is 18.1. The van der Waals surface area contributed by atoms with Crippen LogP contribution in [0.25, 0.3) is 0 Å². The molecule has 0 radical (unpaired) electrons. The number of rotatable bonds is 3. The summed E-state index contributed by atoms with van der Waals surface area (Å²) in [6.45, 7) is 3.65. The van der Waals surface area contributed by atoms with Gasteiger partial charge < -0.3 is 15.1 Å². The van der Waals surface area contributed by atoms with Gasteiger partial charge in [-0.15, -0.1) is 0 Å². The molecular formula is C17H19Cl2N3O3. The lowest BCUT2D eigenvalue weighted by atomic mass is 10.2. The van der Waals surface area contributed by atoms with Gasteiger partial charge in [-0.25, -0.2) is 0 Å². The number of piperazine rings is 1. The topological polar surface area (TPSA) is 69.7 Å². The summed E-state index contributed by atoms with van der Waals surface area (Å²) in [6, 6.07) is 5.02. The molecule has 1 aliphatic carbocycles. The Balaban J connectivity index is 1.54. The van der Waals surface area contributed by atoms with Gasteiger partial charge in [-0.1, -0.05) is 29.3 Å². The van der Waals surface area contributed by atoms with Crippen molar-refractivity contribution in [1.29, 1.82) is 0 Å². The molecule has 3 rings (SSSR count). The van der Waals surface area contributed by atoms with Crippen molar-refractivity contribution in [3.63, 3.8) is 0 Å². The van der Waals surface area contributed by atoms with Crippen molar-refractivity contribution in [2.75, 3.05) is 31.5 Å². The molecule has 2 fully saturated rings. The molecular weight excluding hydrogens is 365 g/mol. The fourth-order valence-corrected chi connectivity index (χ4v) is 3.41. The molecule has 134 valence electrons. The molecule has 0 aromatic heterocycles. The van der Waals surface area contributed by atoms with Crippen molar-refractivity contribution in [1.82, 2.24) is 9.80 Å². The van der Waals surface area contributed by atoms with Gasteiger partial charge in [0.25, 0.3) is 0 Å². The van der Waals surface area contributed by atoms with Gasteiger partial charge in [-0.3, -0.25) is 14.4 Å². The Morgan fingerprint density at radius 2 is 1.68 bits per heavy atom. The van der Waals surface area contributed by atoms with E-state index in [2.05, 4.69) is 5.32 Å². The molecule has 2 unspecified atom stereocenters. The van der Waals surface area contributed by atoms with Crippen LogP contribution in [-0.2, 0) is 14.4 Å². The average Bonchev–Trinajstić information content (AvgIpc) is 3.39. The predicted octanol–water partition coefficient (Wildman–Crippen LogP) is 2.26. The van der Waals surface area contributed by atoms with Crippen molar-refractivity contribution in [2.45, 2.75) is 13.3 Å². The molecule has 8 heteroatoms. The van der Waals surface area contributed by atoms with Crippen LogP contribution in [0, 0.1) is 11.8 Å². The summed E-state index contributed by atoms with van der Waals surface area (Å²) in [7, 11) is 0. The van der Waals surface area contributed by atoms with E-state index in [0.717, 1.165) is 0 Å². The minimum Gasteiger partial charge on any atom is -0.339 e. The molecule has 25 heavy (non-hydrogen) atoms. The van der Waals surface area contributed by atoms with Gasteiger partial charge in [0.05, 0.1) is 27.6 Å². The number of halogens is 2. The second kappa shape index (κ2) is 7.22. The maximum atomic E-state index is 12.5. The molecule has 6 nitrogen and oxygen atoms in total. The standard InChI is InChI=1S/C17H19Cl2N3O3/c1-10(23)21-5-7-22(8-6-21)17(25)12-9-11(12)16(24)20-14-4-2-3-13(18)15(14)19/h2-4,11-12H,5-9H2,1H3,(H,20,24). The lowest BCUT2D eigenvalue weighted by Gasteiger charge is -2.34. The number of nitrogens with zero attached hydrogens (tertiary/aromatic N) is 2. The maximum absolute atomic E-state index is 12.5. The number of nitrogens with one attached hydrogen (secondary N) is 1. The molecule has 0 spiro atoms. The summed E-state index contributed by atoms with van der Waals surface area (Å²) in [6.07, 6.45) is 0.537. The maximum Gasteiger partial charge on any atom is 0.228 e. The van der Waals surface area contributed by atoms with Crippen LogP contribution in [0.1, 0.15) is 13.3 Å². The molecule has 2 atom stereocenters. The molecule has 3 amide bonds. The highest BCUT2D eigenvalue weighted by Crippen LogP contribution is 2.41. The number of benzene rings is 1. The second-order valence-corrected chi connectivity index (χ2v) is 7.16. The largest absolute Gasteiger partial charge is 0.339 e. The molecule has 1 heterocycles. The smallest absolute Gasteiger partial charge is 0.228 e. The van der Waals surface area contributed by atoms with Crippen LogP contribution in [0.4, 0.5) is 5.69 Å². The Labute approximate surface area is 156 Å². The molecule has 1 saturated heterocycles. The zero-order valence-corrected chi connectivity index (χ0v) is 15.3. The van der Waals surface area contributed by atoms with Gasteiger partial charge in [-0.2, -0.15) is 0 Å². The van der Waals surface area contributed by atoms with E-state index >= 15 is 0 Å². The van der Waals surface area contributed by atoms with Gasteiger partial charge in [0.15, 0.2) is 0 Å². The predicted molar refractivity (Wildman–Crippen MR) is 95.5 cm³/mol. The Hall–Kier alpha value is -1.79. The van der Waals surface area contributed by atoms with Gasteiger partial charge in [0.2, 0.25) is 17.7 Å². The van der Waals surface area contributed by atoms with E-state index < -0.39 is 0 Å². The molecule has 1 aromatic carbocycles. The Morgan fingerprint density at radius 3 is 2.32 bits per heavy atom. The molecule has 1 aliphatic heterocycles. The molecule has 2 aliphatic rings. The first kappa shape index (κ1) is 18.0. The van der Waals surface area contributed by atoms with Gasteiger partial charge in [0, 0.05) is 33.1 Å². The van der Waals surface area contributed by atoms with Crippen molar-refractivity contribution in [3.05, 3.63) is 28.2 Å². The van der Waals surface area contributed by atoms with Crippen LogP contribution < -0.4 is 5.32 Å². The van der Waals surface area contributed by atoms with Crippen molar-refractivity contribution in [2.24, 2.45) is 11.8 Å². The van der Waals surface area contributed by atoms with E-state index in [1.807, 2.05) is 0 Å². The minimum absolute atomic E-state index is 0.0134. The van der Waals surface area contributed by atoms with Gasteiger partial charge in [-0.05, 0) is 18.6 Å². The Kier molecular flexibility index (Phi) is 5.20. The lowest BCUT2D eigenvalue weighted by molar-refractivity contribution is -0.139. The molecule has 1 saturated carbocycles. The van der Waals surface area contributed by atoms with Crippen LogP contribution in [-0.4, -0.2) is 53.7 Å². The third kappa shape index (κ3) is 3.90. The van der Waals surface area contributed by atoms with Gasteiger partial charge in [0.1, 0.15) is 0 Å². The number of hydrogen-bond acceptors (Lipinski definition) is 3. The average molecular weight is 384 g/mol. The first-order valence-corrected chi connectivity index (χ1v) is 8.93. The summed E-state index contributed by atoms with van der Waals surface area (Å²) in [5.41, 5.74) is 0.451. The number of carbonyl (C=O) groups excluding carboxylic acids is 3. The second-order valence-electron chi connectivity index (χ2n) is 6.37. The third-order valence-electron chi connectivity index (χ3n) is 4.69. The van der Waals surface area contributed by atoms with E-state index in [9.17, 15) is 14.4 Å². The highest BCUT2D eigenvalue weighted by atomic mass is 35.5. The fraction of sp³-hybridized carbons (Fsp3) is 0.471. The summed E-state index contributed by atoms with van der Waals surface area (Å²) in [5.74, 6) is -0.838. The highest BCUT2D eigenvalue weighted by molar-refractivity contribution is 6.44. The molecule has 0 bridgehead atoms. The third-order valence-corrected chi connectivity index (χ3v) is 5.51. The lowest BCUT2D eigenvalue weighted by Crippen LogP contribution is -2.50. The van der Waals surface area contributed by atoms with Gasteiger partial charge >= 0.3 is 0 Å². The number of hydrogen-bond donors (Lipinski definition) is 1. The molecule has 1 N–H and O–H groups in total. The summed E-state index contributed by atoms with van der Waals surface area (Å²) in [4.78, 5) is 39.7. The first-order valence-electron chi connectivity index (χ1n) is 8.17. The number of amides is 3. The first-order chi connectivity index (χ1) is 11.9. The minimum atomic E-state index is -0.339. The Morgan fingerprint density at radius 1 is 1.04 bits per heavy atom. The highest BCUT2D eigenvalue weighted by Gasteiger charge is 2.49. The van der Waals surface area contributed by atoms with E-state index in [4.69, 9.17) is 23.2 Å². The van der Waals surface area contributed by atoms with E-state index in [-0.39, 0.29) is 29.6 Å². The number of anilines is 1. The monoisotopic (exact) mass is 383 g/mol. The van der Waals surface area contributed by atoms with Crippen molar-refractivity contribution < 1.29 is 14.4 Å². The van der Waals surface area contributed by atoms with E-state index in [1.54, 1.807) is 28.0 Å². The van der Waals surface area contributed by atoms with Crippen LogP contribution in [0.5, 0.6) is 0 Å². The zero-order valence-electron chi connectivity index (χ0n) is 13.8. The van der Waals surface area contributed by atoms with E-state index in [1.165, 1.54) is 6.92 Å². The number of carbonyl (C=O) groups is 3. The summed E-state index contributed by atoms with van der Waals surface area (Å²) >= 11 is 12.0. The summed E-state index contributed by atoms with van der Waals surface area (Å²) < 4.78 is 0. The summed E-state index contributed by atoms with van der Waals surface area (Å²) in [5, 5.41) is 3.40. The van der Waals surface area contributed by atoms with E-state index in [0.29, 0.717) is 48.3 Å². The Bertz CT molecular complexity index is 717. The van der Waals surface area contributed by atoms with Crippen LogP contribution in [0.15, 0.2) is 18.2 Å². The van der Waals surface area contributed by atoms with Crippen molar-refractivity contribution in [3.8, 4) is 0 Å². The van der Waals surface area contributed by atoms with Crippen LogP contribution in [0.2, 0.25) is 10.0 Å². The quantitative estimate of drug-likeness (QED) is 0.869. The molecule has 1 aromatic rings. The fourth-order valence-electron chi connectivity index (χ4n) is 3.06. The SMILES string of the molecule is CC(=O)N1CCN(C(=O)C2CC2C(=O)Nc2cccc(Cl)c2Cl)CC1.